The van der Waals surface area contributed by atoms with E-state index in [4.69, 9.17) is 16.7 Å². The summed E-state index contributed by atoms with van der Waals surface area (Å²) in [7, 11) is 0. The maximum absolute atomic E-state index is 8.93. The molecule has 1 aromatic carbocycles. The van der Waals surface area contributed by atoms with Crippen molar-refractivity contribution in [3.05, 3.63) is 45.8 Å². The molecule has 1 aromatic heterocycles. The lowest BCUT2D eigenvalue weighted by Gasteiger charge is -2.03. The number of halogens is 2. The third-order valence-electron chi connectivity index (χ3n) is 2.10. The molecule has 0 aliphatic carbocycles. The van der Waals surface area contributed by atoms with Crippen molar-refractivity contribution in [1.29, 1.82) is 0 Å². The van der Waals surface area contributed by atoms with Gasteiger partial charge in [0.15, 0.2) is 4.73 Å². The third-order valence-corrected chi connectivity index (χ3v) is 2.65. The van der Waals surface area contributed by atoms with Crippen LogP contribution >= 0.6 is 27.5 Å². The summed E-state index contributed by atoms with van der Waals surface area (Å²) in [6.07, 6.45) is 0. The molecule has 3 nitrogen and oxygen atoms in total. The van der Waals surface area contributed by atoms with E-state index >= 15 is 0 Å². The van der Waals surface area contributed by atoms with Crippen LogP contribution in [0.4, 0.5) is 0 Å². The van der Waals surface area contributed by atoms with Gasteiger partial charge in [0.1, 0.15) is 5.15 Å². The molecule has 0 atom stereocenters. The summed E-state index contributed by atoms with van der Waals surface area (Å²) in [4.78, 5) is 8.14. The number of hydrogen-bond acceptors (Lipinski definition) is 3. The van der Waals surface area contributed by atoms with Crippen LogP contribution in [0.2, 0.25) is 5.15 Å². The van der Waals surface area contributed by atoms with E-state index in [1.165, 1.54) is 0 Å². The van der Waals surface area contributed by atoms with E-state index in [0.29, 0.717) is 9.89 Å². The van der Waals surface area contributed by atoms with E-state index < -0.39 is 0 Å². The average molecular weight is 300 g/mol. The zero-order valence-electron chi connectivity index (χ0n) is 8.19. The first-order valence-corrected chi connectivity index (χ1v) is 5.76. The zero-order valence-corrected chi connectivity index (χ0v) is 10.5. The predicted molar refractivity (Wildman–Crippen MR) is 66.1 cm³/mol. The maximum atomic E-state index is 8.93. The van der Waals surface area contributed by atoms with Crippen LogP contribution in [0, 0.1) is 0 Å². The van der Waals surface area contributed by atoms with Crippen molar-refractivity contribution in [2.75, 3.05) is 0 Å². The Morgan fingerprint density at radius 3 is 2.44 bits per heavy atom. The normalized spacial score (nSPS) is 10.4. The Hall–Kier alpha value is -0.970. The highest BCUT2D eigenvalue weighted by Crippen LogP contribution is 2.22. The molecule has 0 saturated heterocycles. The first-order chi connectivity index (χ1) is 7.69. The van der Waals surface area contributed by atoms with Crippen molar-refractivity contribution in [1.82, 2.24) is 9.97 Å². The molecular formula is C11H8BrClN2O. The molecule has 0 fully saturated rings. The molecule has 0 unspecified atom stereocenters. The molecule has 2 aromatic rings. The number of rotatable bonds is 2. The quantitative estimate of drug-likeness (QED) is 0.685. The van der Waals surface area contributed by atoms with Crippen LogP contribution < -0.4 is 0 Å². The summed E-state index contributed by atoms with van der Waals surface area (Å²) < 4.78 is 0.459. The molecule has 1 N–H and O–H groups in total. The first kappa shape index (κ1) is 11.5. The molecule has 0 amide bonds. The highest BCUT2D eigenvalue weighted by Gasteiger charge is 2.03. The third kappa shape index (κ3) is 2.58. The van der Waals surface area contributed by atoms with E-state index in [-0.39, 0.29) is 6.61 Å². The fourth-order valence-electron chi connectivity index (χ4n) is 1.32. The van der Waals surface area contributed by atoms with Crippen LogP contribution in [0.1, 0.15) is 5.56 Å². The van der Waals surface area contributed by atoms with Gasteiger partial charge in [0, 0.05) is 11.6 Å². The minimum absolute atomic E-state index is 0.0362. The number of aromatic nitrogens is 2. The molecule has 82 valence electrons. The van der Waals surface area contributed by atoms with Crippen molar-refractivity contribution < 1.29 is 5.11 Å². The molecule has 0 aliphatic heterocycles. The van der Waals surface area contributed by atoms with Crippen LogP contribution in [0.25, 0.3) is 11.3 Å². The summed E-state index contributed by atoms with van der Waals surface area (Å²) in [6.45, 7) is 0.0362. The lowest BCUT2D eigenvalue weighted by molar-refractivity contribution is 0.282. The number of nitrogens with zero attached hydrogens (tertiary/aromatic N) is 2. The second-order valence-corrected chi connectivity index (χ2v) is 4.30. The van der Waals surface area contributed by atoms with Gasteiger partial charge >= 0.3 is 0 Å². The van der Waals surface area contributed by atoms with Gasteiger partial charge in [-0.05, 0) is 21.5 Å². The van der Waals surface area contributed by atoms with Gasteiger partial charge in [-0.15, -0.1) is 0 Å². The molecule has 0 bridgehead atoms. The molecule has 16 heavy (non-hydrogen) atoms. The number of benzene rings is 1. The molecule has 0 radical (unpaired) electrons. The van der Waals surface area contributed by atoms with Gasteiger partial charge in [-0.1, -0.05) is 35.9 Å². The molecule has 0 saturated carbocycles. The Kier molecular flexibility index (Phi) is 3.53. The van der Waals surface area contributed by atoms with Crippen molar-refractivity contribution >= 4 is 27.5 Å². The maximum Gasteiger partial charge on any atom is 0.198 e. The largest absolute Gasteiger partial charge is 0.392 e. The molecule has 1 heterocycles. The Morgan fingerprint density at radius 1 is 1.19 bits per heavy atom. The van der Waals surface area contributed by atoms with Gasteiger partial charge in [-0.3, -0.25) is 0 Å². The average Bonchev–Trinajstić information content (AvgIpc) is 2.28. The van der Waals surface area contributed by atoms with Gasteiger partial charge in [-0.25, -0.2) is 9.97 Å². The second-order valence-electron chi connectivity index (χ2n) is 3.20. The summed E-state index contributed by atoms with van der Waals surface area (Å²) in [5.41, 5.74) is 2.54. The van der Waals surface area contributed by atoms with Crippen molar-refractivity contribution in [3.63, 3.8) is 0 Å². The zero-order chi connectivity index (χ0) is 11.5. The smallest absolute Gasteiger partial charge is 0.198 e. The Bertz CT molecular complexity index is 482. The second kappa shape index (κ2) is 4.91. The molecular weight excluding hydrogens is 291 g/mol. The van der Waals surface area contributed by atoms with Crippen molar-refractivity contribution in [3.8, 4) is 11.3 Å². The fraction of sp³-hybridized carbons (Fsp3) is 0.0909. The van der Waals surface area contributed by atoms with Crippen molar-refractivity contribution in [2.45, 2.75) is 6.61 Å². The minimum atomic E-state index is 0.0362. The van der Waals surface area contributed by atoms with E-state index in [2.05, 4.69) is 25.9 Å². The van der Waals surface area contributed by atoms with Gasteiger partial charge < -0.3 is 5.11 Å². The summed E-state index contributed by atoms with van der Waals surface area (Å²) in [5.74, 6) is 0. The summed E-state index contributed by atoms with van der Waals surface area (Å²) in [6, 6.07) is 9.16. The number of aliphatic hydroxyl groups is 1. The Morgan fingerprint density at radius 2 is 1.88 bits per heavy atom. The van der Waals surface area contributed by atoms with Crippen LogP contribution in [0.5, 0.6) is 0 Å². The van der Waals surface area contributed by atoms with Gasteiger partial charge in [0.2, 0.25) is 0 Å². The van der Waals surface area contributed by atoms with Crippen LogP contribution in [0.3, 0.4) is 0 Å². The van der Waals surface area contributed by atoms with Gasteiger partial charge in [0.25, 0.3) is 0 Å². The molecule has 5 heteroatoms. The Labute approximate surface area is 106 Å². The summed E-state index contributed by atoms with van der Waals surface area (Å²) >= 11 is 9.03. The lowest BCUT2D eigenvalue weighted by atomic mass is 10.1. The van der Waals surface area contributed by atoms with E-state index in [0.717, 1.165) is 16.8 Å². The van der Waals surface area contributed by atoms with Crippen LogP contribution in [0.15, 0.2) is 35.1 Å². The molecule has 2 rings (SSSR count). The van der Waals surface area contributed by atoms with Crippen LogP contribution in [-0.2, 0) is 6.61 Å². The standard InChI is InChI=1S/C11H8BrClN2O/c12-11-14-9(5-10(13)15-11)8-3-1-7(6-16)2-4-8/h1-5,16H,6H2. The Balaban J connectivity index is 2.42. The summed E-state index contributed by atoms with van der Waals surface area (Å²) in [5, 5.41) is 9.32. The van der Waals surface area contributed by atoms with Gasteiger partial charge in [-0.2, -0.15) is 0 Å². The highest BCUT2D eigenvalue weighted by atomic mass is 79.9. The first-order valence-electron chi connectivity index (χ1n) is 4.59. The SMILES string of the molecule is OCc1ccc(-c2cc(Cl)nc(Br)n2)cc1. The molecule has 0 spiro atoms. The van der Waals surface area contributed by atoms with E-state index in [1.807, 2.05) is 24.3 Å². The van der Waals surface area contributed by atoms with Crippen LogP contribution in [-0.4, -0.2) is 15.1 Å². The minimum Gasteiger partial charge on any atom is -0.392 e. The van der Waals surface area contributed by atoms with Crippen molar-refractivity contribution in [2.24, 2.45) is 0 Å². The fourth-order valence-corrected chi connectivity index (χ4v) is 1.99. The van der Waals surface area contributed by atoms with E-state index in [9.17, 15) is 0 Å². The lowest BCUT2D eigenvalue weighted by Crippen LogP contribution is -1.89. The molecule has 0 aliphatic rings. The van der Waals surface area contributed by atoms with E-state index in [1.54, 1.807) is 6.07 Å². The topological polar surface area (TPSA) is 46.0 Å². The number of hydrogen-bond donors (Lipinski definition) is 1. The predicted octanol–water partition coefficient (Wildman–Crippen LogP) is 3.05. The highest BCUT2D eigenvalue weighted by molar-refractivity contribution is 9.10. The van der Waals surface area contributed by atoms with Gasteiger partial charge in [0.05, 0.1) is 12.3 Å². The monoisotopic (exact) mass is 298 g/mol. The number of aliphatic hydroxyl groups excluding tert-OH is 1.